The van der Waals surface area contributed by atoms with Gasteiger partial charge in [0.2, 0.25) is 10.0 Å². The van der Waals surface area contributed by atoms with Crippen LogP contribution in [0, 0.1) is 5.92 Å². The third kappa shape index (κ3) is 6.75. The molecule has 0 aliphatic carbocycles. The Morgan fingerprint density at radius 2 is 1.91 bits per heavy atom. The highest BCUT2D eigenvalue weighted by atomic mass is 32.2. The lowest BCUT2D eigenvalue weighted by Crippen LogP contribution is -2.46. The van der Waals surface area contributed by atoms with E-state index in [1.807, 2.05) is 11.8 Å². The van der Waals surface area contributed by atoms with Crippen molar-refractivity contribution in [2.45, 2.75) is 31.4 Å². The van der Waals surface area contributed by atoms with E-state index in [9.17, 15) is 8.42 Å². The molecular weight excluding hydrogens is 320 g/mol. The Bertz CT molecular complexity index is 469. The van der Waals surface area contributed by atoms with Crippen LogP contribution < -0.4 is 10.6 Å². The quantitative estimate of drug-likeness (QED) is 0.551. The lowest BCUT2D eigenvalue weighted by atomic mass is 9.98. The lowest BCUT2D eigenvalue weighted by Gasteiger charge is -2.31. The minimum Gasteiger partial charge on any atom is -0.356 e. The largest absolute Gasteiger partial charge is 0.356 e. The molecule has 0 atom stereocenters. The highest BCUT2D eigenvalue weighted by Gasteiger charge is 2.25. The Balaban J connectivity index is 2.34. The van der Waals surface area contributed by atoms with Gasteiger partial charge in [-0.3, -0.25) is 4.99 Å². The summed E-state index contributed by atoms with van der Waals surface area (Å²) in [6.07, 6.45) is 5.18. The third-order valence-electron chi connectivity index (χ3n) is 4.06. The molecule has 0 bridgehead atoms. The molecule has 8 heteroatoms. The van der Waals surface area contributed by atoms with Gasteiger partial charge in [0.25, 0.3) is 0 Å². The second-order valence-electron chi connectivity index (χ2n) is 6.38. The van der Waals surface area contributed by atoms with Gasteiger partial charge in [0, 0.05) is 38.0 Å². The fraction of sp³-hybridized carbons (Fsp3) is 0.929. The van der Waals surface area contributed by atoms with Gasteiger partial charge in [0.05, 0.1) is 6.26 Å². The molecule has 0 saturated carbocycles. The summed E-state index contributed by atoms with van der Waals surface area (Å²) in [7, 11) is -1.27. The summed E-state index contributed by atoms with van der Waals surface area (Å²) in [4.78, 5) is 4.24. The molecule has 6 nitrogen and oxygen atoms in total. The smallest absolute Gasteiger partial charge is 0.211 e. The Morgan fingerprint density at radius 1 is 1.32 bits per heavy atom. The van der Waals surface area contributed by atoms with Gasteiger partial charge in [-0.25, -0.2) is 12.7 Å². The molecule has 0 aromatic carbocycles. The Kier molecular flexibility index (Phi) is 7.48. The van der Waals surface area contributed by atoms with Gasteiger partial charge < -0.3 is 10.6 Å². The summed E-state index contributed by atoms with van der Waals surface area (Å²) in [6.45, 7) is 7.31. The van der Waals surface area contributed by atoms with Gasteiger partial charge in [-0.15, -0.1) is 0 Å². The van der Waals surface area contributed by atoms with E-state index in [2.05, 4.69) is 35.7 Å². The van der Waals surface area contributed by atoms with Gasteiger partial charge in [-0.05, 0) is 38.9 Å². The Hall–Kier alpha value is -0.470. The molecule has 130 valence electrons. The fourth-order valence-corrected chi connectivity index (χ4v) is 3.37. The number of nitrogens with zero attached hydrogens (tertiary/aromatic N) is 2. The van der Waals surface area contributed by atoms with Crippen LogP contribution in [0.25, 0.3) is 0 Å². The van der Waals surface area contributed by atoms with Crippen molar-refractivity contribution in [3.63, 3.8) is 0 Å². The number of rotatable bonds is 6. The summed E-state index contributed by atoms with van der Waals surface area (Å²) >= 11 is 1.82. The van der Waals surface area contributed by atoms with Gasteiger partial charge in [-0.1, -0.05) is 0 Å². The van der Waals surface area contributed by atoms with Crippen LogP contribution in [0.15, 0.2) is 4.99 Å². The maximum Gasteiger partial charge on any atom is 0.211 e. The van der Waals surface area contributed by atoms with E-state index in [0.717, 1.165) is 31.9 Å². The molecule has 1 heterocycles. The van der Waals surface area contributed by atoms with E-state index < -0.39 is 10.0 Å². The van der Waals surface area contributed by atoms with E-state index in [1.54, 1.807) is 11.4 Å². The summed E-state index contributed by atoms with van der Waals surface area (Å²) < 4.78 is 24.7. The SMILES string of the molecule is CN=C(NCC1CCN(S(C)(=O)=O)CC1)NCC(C)(C)SC. The molecule has 0 spiro atoms. The maximum atomic E-state index is 11.5. The van der Waals surface area contributed by atoms with Crippen molar-refractivity contribution in [3.05, 3.63) is 0 Å². The number of thioether (sulfide) groups is 1. The van der Waals surface area contributed by atoms with Crippen LogP contribution in [0.2, 0.25) is 0 Å². The van der Waals surface area contributed by atoms with Crippen molar-refractivity contribution >= 4 is 27.7 Å². The van der Waals surface area contributed by atoms with E-state index in [4.69, 9.17) is 0 Å². The monoisotopic (exact) mass is 350 g/mol. The second kappa shape index (κ2) is 8.40. The molecular formula is C14H30N4O2S2. The Labute approximate surface area is 139 Å². The zero-order valence-electron chi connectivity index (χ0n) is 14.3. The molecule has 1 saturated heterocycles. The standard InChI is InChI=1S/C14H30N4O2S2/c1-14(2,21-4)11-17-13(15-3)16-10-12-6-8-18(9-7-12)22(5,19)20/h12H,6-11H2,1-5H3,(H2,15,16,17). The third-order valence-corrected chi connectivity index (χ3v) is 6.61. The lowest BCUT2D eigenvalue weighted by molar-refractivity contribution is 0.275. The normalized spacial score (nSPS) is 19.2. The maximum absolute atomic E-state index is 11.5. The highest BCUT2D eigenvalue weighted by molar-refractivity contribution is 7.99. The van der Waals surface area contributed by atoms with Gasteiger partial charge in [0.15, 0.2) is 5.96 Å². The molecule has 0 unspecified atom stereocenters. The van der Waals surface area contributed by atoms with Crippen molar-refractivity contribution in [3.8, 4) is 0 Å². The molecule has 2 N–H and O–H groups in total. The molecule has 0 aromatic heterocycles. The molecule has 1 aliphatic rings. The molecule has 22 heavy (non-hydrogen) atoms. The van der Waals surface area contributed by atoms with Crippen LogP contribution in [0.3, 0.4) is 0 Å². The predicted octanol–water partition coefficient (Wildman–Crippen LogP) is 0.965. The Morgan fingerprint density at radius 3 is 2.36 bits per heavy atom. The van der Waals surface area contributed by atoms with Crippen molar-refractivity contribution in [2.75, 3.05) is 45.7 Å². The van der Waals surface area contributed by atoms with Crippen molar-refractivity contribution in [2.24, 2.45) is 10.9 Å². The number of sulfonamides is 1. The number of hydrogen-bond acceptors (Lipinski definition) is 4. The predicted molar refractivity (Wildman–Crippen MR) is 96.1 cm³/mol. The molecule has 0 aromatic rings. The fourth-order valence-electron chi connectivity index (χ4n) is 2.28. The first-order chi connectivity index (χ1) is 10.2. The van der Waals surface area contributed by atoms with E-state index in [-0.39, 0.29) is 4.75 Å². The number of hydrogen-bond donors (Lipinski definition) is 2. The second-order valence-corrected chi connectivity index (χ2v) is 9.87. The zero-order valence-corrected chi connectivity index (χ0v) is 16.0. The average Bonchev–Trinajstić information content (AvgIpc) is 2.47. The number of nitrogens with one attached hydrogen (secondary N) is 2. The van der Waals surface area contributed by atoms with Crippen LogP contribution in [0.5, 0.6) is 0 Å². The topological polar surface area (TPSA) is 73.8 Å². The van der Waals surface area contributed by atoms with Crippen molar-refractivity contribution in [1.29, 1.82) is 0 Å². The van der Waals surface area contributed by atoms with Crippen LogP contribution in [0.4, 0.5) is 0 Å². The average molecular weight is 351 g/mol. The molecule has 0 radical (unpaired) electrons. The zero-order chi connectivity index (χ0) is 16.8. The van der Waals surface area contributed by atoms with Crippen LogP contribution in [-0.2, 0) is 10.0 Å². The number of piperidine rings is 1. The van der Waals surface area contributed by atoms with Gasteiger partial charge >= 0.3 is 0 Å². The summed E-state index contributed by atoms with van der Waals surface area (Å²) in [6, 6.07) is 0. The summed E-state index contributed by atoms with van der Waals surface area (Å²) in [5.41, 5.74) is 0. The van der Waals surface area contributed by atoms with Crippen LogP contribution in [-0.4, -0.2) is 69.2 Å². The first-order valence-electron chi connectivity index (χ1n) is 7.63. The minimum atomic E-state index is -3.04. The first-order valence-corrected chi connectivity index (χ1v) is 10.7. The summed E-state index contributed by atoms with van der Waals surface area (Å²) in [5.74, 6) is 1.30. The minimum absolute atomic E-state index is 0.165. The molecule has 1 aliphatic heterocycles. The van der Waals surface area contributed by atoms with E-state index >= 15 is 0 Å². The highest BCUT2D eigenvalue weighted by Crippen LogP contribution is 2.20. The molecule has 1 rings (SSSR count). The first kappa shape index (κ1) is 19.6. The number of guanidine groups is 1. The van der Waals surface area contributed by atoms with E-state index in [1.165, 1.54) is 6.26 Å². The molecule has 1 fully saturated rings. The molecule has 0 amide bonds. The summed E-state index contributed by atoms with van der Waals surface area (Å²) in [5, 5.41) is 6.70. The van der Waals surface area contributed by atoms with Crippen molar-refractivity contribution < 1.29 is 8.42 Å². The van der Waals surface area contributed by atoms with Crippen LogP contribution in [0.1, 0.15) is 26.7 Å². The van der Waals surface area contributed by atoms with Gasteiger partial charge in [0.1, 0.15) is 0 Å². The number of aliphatic imine (C=N–C) groups is 1. The van der Waals surface area contributed by atoms with Crippen LogP contribution >= 0.6 is 11.8 Å². The van der Waals surface area contributed by atoms with Gasteiger partial charge in [-0.2, -0.15) is 11.8 Å². The van der Waals surface area contributed by atoms with E-state index in [0.29, 0.717) is 19.0 Å². The van der Waals surface area contributed by atoms with Crippen molar-refractivity contribution in [1.82, 2.24) is 14.9 Å².